The average molecular weight is 723 g/mol. The van der Waals surface area contributed by atoms with Crippen molar-refractivity contribution in [3.63, 3.8) is 0 Å². The SMILES string of the molecule is Cc1cc(-c2c(C)c(C)c(C)c(C)c2C)c(C)c(C)c1-c1ccc(-c2ccc(-c3ccc(-c4ccc(-c5ccc(-c6ccccc6)cc5)cc4)cc3)cc2)cc1. The van der Waals surface area contributed by atoms with E-state index in [0.29, 0.717) is 0 Å². The highest BCUT2D eigenvalue weighted by atomic mass is 14.2. The molecule has 0 saturated carbocycles. The van der Waals surface area contributed by atoms with E-state index in [9.17, 15) is 0 Å². The van der Waals surface area contributed by atoms with E-state index in [2.05, 4.69) is 213 Å². The van der Waals surface area contributed by atoms with E-state index in [-0.39, 0.29) is 0 Å². The largest absolute Gasteiger partial charge is 0.0622 e. The number of rotatable bonds is 7. The van der Waals surface area contributed by atoms with Gasteiger partial charge in [0.25, 0.3) is 0 Å². The van der Waals surface area contributed by atoms with Gasteiger partial charge in [-0.2, -0.15) is 0 Å². The van der Waals surface area contributed by atoms with Crippen LogP contribution in [0.2, 0.25) is 0 Å². The van der Waals surface area contributed by atoms with Crippen molar-refractivity contribution in [3.05, 3.63) is 202 Å². The van der Waals surface area contributed by atoms with Crippen LogP contribution in [0.4, 0.5) is 0 Å². The Balaban J connectivity index is 0.965. The summed E-state index contributed by atoms with van der Waals surface area (Å²) in [6.45, 7) is 18.2. The van der Waals surface area contributed by atoms with E-state index in [0.717, 1.165) is 0 Å². The number of aryl methyl sites for hydroxylation is 1. The van der Waals surface area contributed by atoms with Crippen molar-refractivity contribution in [1.82, 2.24) is 0 Å². The maximum Gasteiger partial charge on any atom is -0.0117 e. The van der Waals surface area contributed by atoms with E-state index in [1.165, 1.54) is 122 Å². The molecular weight excluding hydrogens is 673 g/mol. The molecule has 0 aliphatic heterocycles. The summed E-state index contributed by atoms with van der Waals surface area (Å²) in [5, 5.41) is 0. The topological polar surface area (TPSA) is 0 Å². The molecule has 0 nitrogen and oxygen atoms in total. The lowest BCUT2D eigenvalue weighted by atomic mass is 9.81. The Labute approximate surface area is 334 Å². The lowest BCUT2D eigenvalue weighted by Gasteiger charge is -2.23. The number of hydrogen-bond acceptors (Lipinski definition) is 0. The Morgan fingerprint density at radius 2 is 0.464 bits per heavy atom. The lowest BCUT2D eigenvalue weighted by Crippen LogP contribution is -2.03. The molecule has 0 amide bonds. The predicted octanol–water partition coefficient (Wildman–Crippen LogP) is 15.8. The third-order valence-electron chi connectivity index (χ3n) is 12.5. The number of benzene rings is 8. The van der Waals surface area contributed by atoms with E-state index >= 15 is 0 Å². The Morgan fingerprint density at radius 3 is 0.786 bits per heavy atom. The molecule has 0 aliphatic carbocycles. The van der Waals surface area contributed by atoms with Crippen molar-refractivity contribution >= 4 is 0 Å². The molecule has 0 unspecified atom stereocenters. The molecule has 8 rings (SSSR count). The summed E-state index contributed by atoms with van der Waals surface area (Å²) in [6.07, 6.45) is 0. The molecule has 0 aliphatic rings. The van der Waals surface area contributed by atoms with Gasteiger partial charge in [-0.25, -0.2) is 0 Å². The molecule has 56 heavy (non-hydrogen) atoms. The molecule has 0 heterocycles. The molecule has 8 aromatic carbocycles. The summed E-state index contributed by atoms with van der Waals surface area (Å²) in [7, 11) is 0. The van der Waals surface area contributed by atoms with Crippen LogP contribution in [-0.4, -0.2) is 0 Å². The van der Waals surface area contributed by atoms with E-state index in [4.69, 9.17) is 0 Å². The van der Waals surface area contributed by atoms with Gasteiger partial charge in [-0.1, -0.05) is 158 Å². The molecule has 0 atom stereocenters. The summed E-state index contributed by atoms with van der Waals surface area (Å²) >= 11 is 0. The molecule has 0 N–H and O–H groups in total. The van der Waals surface area contributed by atoms with Gasteiger partial charge in [0.1, 0.15) is 0 Å². The van der Waals surface area contributed by atoms with Gasteiger partial charge in [0, 0.05) is 0 Å². The summed E-state index contributed by atoms with van der Waals surface area (Å²) < 4.78 is 0. The third kappa shape index (κ3) is 6.82. The van der Waals surface area contributed by atoms with Crippen LogP contribution in [0.3, 0.4) is 0 Å². The van der Waals surface area contributed by atoms with Crippen LogP contribution < -0.4 is 0 Å². The highest BCUT2D eigenvalue weighted by Gasteiger charge is 2.19. The quantitative estimate of drug-likeness (QED) is 0.154. The zero-order valence-electron chi connectivity index (χ0n) is 34.0. The first kappa shape index (κ1) is 36.7. The van der Waals surface area contributed by atoms with Gasteiger partial charge in [0.15, 0.2) is 0 Å². The molecule has 0 spiro atoms. The van der Waals surface area contributed by atoms with Crippen molar-refractivity contribution in [2.45, 2.75) is 55.4 Å². The molecular formula is C56H50. The minimum atomic E-state index is 1.22. The fourth-order valence-electron chi connectivity index (χ4n) is 8.57. The molecule has 274 valence electrons. The smallest absolute Gasteiger partial charge is 0.0117 e. The fraction of sp³-hybridized carbons (Fsp3) is 0.143. The molecule has 0 aromatic heterocycles. The van der Waals surface area contributed by atoms with Gasteiger partial charge in [-0.05, 0) is 178 Å². The van der Waals surface area contributed by atoms with Gasteiger partial charge < -0.3 is 0 Å². The molecule has 8 aromatic rings. The van der Waals surface area contributed by atoms with Gasteiger partial charge in [-0.15, -0.1) is 0 Å². The van der Waals surface area contributed by atoms with Crippen LogP contribution in [0.15, 0.2) is 158 Å². The van der Waals surface area contributed by atoms with Crippen LogP contribution in [0, 0.1) is 55.4 Å². The normalized spacial score (nSPS) is 11.2. The molecule has 0 bridgehead atoms. The van der Waals surface area contributed by atoms with Crippen LogP contribution in [0.25, 0.3) is 77.9 Å². The van der Waals surface area contributed by atoms with Crippen molar-refractivity contribution in [2.75, 3.05) is 0 Å². The Hall–Kier alpha value is -6.24. The maximum absolute atomic E-state index is 2.42. The third-order valence-corrected chi connectivity index (χ3v) is 12.5. The first-order chi connectivity index (χ1) is 27.1. The molecule has 0 heteroatoms. The predicted molar refractivity (Wildman–Crippen MR) is 242 cm³/mol. The fourth-order valence-corrected chi connectivity index (χ4v) is 8.57. The highest BCUT2D eigenvalue weighted by molar-refractivity contribution is 5.84. The van der Waals surface area contributed by atoms with Crippen molar-refractivity contribution < 1.29 is 0 Å². The van der Waals surface area contributed by atoms with Crippen molar-refractivity contribution in [1.29, 1.82) is 0 Å². The zero-order chi connectivity index (χ0) is 39.1. The summed E-state index contributed by atoms with van der Waals surface area (Å²) in [5.41, 5.74) is 28.7. The van der Waals surface area contributed by atoms with Crippen LogP contribution in [0.1, 0.15) is 44.5 Å². The summed E-state index contributed by atoms with van der Waals surface area (Å²) in [6, 6.07) is 57.7. The standard InChI is InChI=1S/C56H50/c1-35-34-54(56-40(6)37(3)36(2)38(4)41(56)7)39(5)42(8)55(35)53-32-30-52(31-33-53)51-28-26-50(27-29-51)49-24-22-48(23-25-49)47-20-18-46(19-21-47)45-16-14-44(15-17-45)43-12-10-9-11-13-43/h9-34H,1-8H3. The van der Waals surface area contributed by atoms with Crippen molar-refractivity contribution in [3.8, 4) is 77.9 Å². The average Bonchev–Trinajstić information content (AvgIpc) is 3.25. The minimum absolute atomic E-state index is 1.22. The van der Waals surface area contributed by atoms with E-state index in [1.54, 1.807) is 0 Å². The second-order valence-corrected chi connectivity index (χ2v) is 15.6. The second kappa shape index (κ2) is 15.1. The Bertz CT molecular complexity index is 2640. The van der Waals surface area contributed by atoms with Crippen LogP contribution in [0.5, 0.6) is 0 Å². The summed E-state index contributed by atoms with van der Waals surface area (Å²) in [5.74, 6) is 0. The first-order valence-electron chi connectivity index (χ1n) is 19.8. The van der Waals surface area contributed by atoms with Crippen molar-refractivity contribution in [2.24, 2.45) is 0 Å². The van der Waals surface area contributed by atoms with Crippen LogP contribution >= 0.6 is 0 Å². The lowest BCUT2D eigenvalue weighted by molar-refractivity contribution is 1.17. The van der Waals surface area contributed by atoms with E-state index in [1.807, 2.05) is 0 Å². The minimum Gasteiger partial charge on any atom is -0.0622 e. The molecule has 0 saturated heterocycles. The monoisotopic (exact) mass is 722 g/mol. The highest BCUT2D eigenvalue weighted by Crippen LogP contribution is 2.41. The number of hydrogen-bond donors (Lipinski definition) is 0. The van der Waals surface area contributed by atoms with Gasteiger partial charge in [0.05, 0.1) is 0 Å². The van der Waals surface area contributed by atoms with Gasteiger partial charge in [-0.3, -0.25) is 0 Å². The second-order valence-electron chi connectivity index (χ2n) is 15.6. The summed E-state index contributed by atoms with van der Waals surface area (Å²) in [4.78, 5) is 0. The van der Waals surface area contributed by atoms with Gasteiger partial charge in [0.2, 0.25) is 0 Å². The molecule has 0 radical (unpaired) electrons. The van der Waals surface area contributed by atoms with Gasteiger partial charge >= 0.3 is 0 Å². The first-order valence-corrected chi connectivity index (χ1v) is 19.8. The Kier molecular flexibility index (Phi) is 9.92. The Morgan fingerprint density at radius 1 is 0.214 bits per heavy atom. The molecule has 0 fully saturated rings. The van der Waals surface area contributed by atoms with Crippen LogP contribution in [-0.2, 0) is 0 Å². The zero-order valence-corrected chi connectivity index (χ0v) is 34.0. The maximum atomic E-state index is 2.42. The van der Waals surface area contributed by atoms with E-state index < -0.39 is 0 Å².